The van der Waals surface area contributed by atoms with Crippen LogP contribution in [0.4, 0.5) is 0 Å². The normalized spacial score (nSPS) is 29.7. The molecule has 4 nitrogen and oxygen atoms in total. The van der Waals surface area contributed by atoms with Crippen LogP contribution < -0.4 is 26.5 Å². The standard InChI is InChI=1S/C12H18IN2O2/c1-9-5-10(14-8-13-6-9)11(16)15-4-3-12(2,17)7-15/h5-6,14,17H,3-4,7-8H2,1-2H3/q-1/t12-/m0/s1. The van der Waals surface area contributed by atoms with Crippen LogP contribution in [-0.4, -0.2) is 39.2 Å². The summed E-state index contributed by atoms with van der Waals surface area (Å²) in [5, 5.41) is 13.1. The number of nitrogens with zero attached hydrogens (tertiary/aromatic N) is 1. The predicted molar refractivity (Wildman–Crippen MR) is 61.7 cm³/mol. The van der Waals surface area contributed by atoms with Crippen molar-refractivity contribution in [1.29, 1.82) is 0 Å². The summed E-state index contributed by atoms with van der Waals surface area (Å²) in [7, 11) is 0. The van der Waals surface area contributed by atoms with E-state index in [1.54, 1.807) is 11.8 Å². The Bertz CT molecular complexity index is 388. The number of alkyl halides is 1. The maximum atomic E-state index is 12.3. The van der Waals surface area contributed by atoms with Crippen molar-refractivity contribution >= 4 is 5.91 Å². The number of halogens is 1. The fraction of sp³-hybridized carbons (Fsp3) is 0.583. The Morgan fingerprint density at radius 3 is 3.06 bits per heavy atom. The van der Waals surface area contributed by atoms with Gasteiger partial charge in [0.2, 0.25) is 0 Å². The predicted octanol–water partition coefficient (Wildman–Crippen LogP) is -2.59. The van der Waals surface area contributed by atoms with Crippen molar-refractivity contribution in [3.8, 4) is 0 Å². The summed E-state index contributed by atoms with van der Waals surface area (Å²) in [5.41, 5.74) is 1.12. The molecule has 0 spiro atoms. The summed E-state index contributed by atoms with van der Waals surface area (Å²) in [5.74, 6) is 0.0152. The van der Waals surface area contributed by atoms with E-state index in [0.29, 0.717) is 25.2 Å². The van der Waals surface area contributed by atoms with Crippen molar-refractivity contribution in [2.75, 3.05) is 17.6 Å². The number of β-amino-alcohol motifs (C(OH)–C–C–N with tert-alkyl or cyclic N) is 1. The monoisotopic (exact) mass is 349 g/mol. The fourth-order valence-electron chi connectivity index (χ4n) is 2.01. The minimum atomic E-state index is -0.723. The van der Waals surface area contributed by atoms with Gasteiger partial charge in [0.1, 0.15) is 0 Å². The SMILES string of the molecule is CC1=C[I-]CNC(C(=O)N2CC[C@](C)(O)C2)=C1. The molecule has 1 amide bonds. The molecule has 0 aromatic carbocycles. The van der Waals surface area contributed by atoms with Crippen molar-refractivity contribution in [1.82, 2.24) is 10.2 Å². The molecule has 2 aliphatic rings. The molecule has 1 saturated heterocycles. The third kappa shape index (κ3) is 3.22. The number of carbonyl (C=O) groups excluding carboxylic acids is 1. The second-order valence-corrected chi connectivity index (χ2v) is 7.12. The zero-order valence-electron chi connectivity index (χ0n) is 10.2. The molecular formula is C12H18IN2O2-. The van der Waals surface area contributed by atoms with Crippen LogP contribution in [0.1, 0.15) is 20.3 Å². The number of amides is 1. The average Bonchev–Trinajstić information content (AvgIpc) is 2.48. The van der Waals surface area contributed by atoms with Crippen molar-refractivity contribution in [2.24, 2.45) is 0 Å². The molecule has 0 saturated carbocycles. The second kappa shape index (κ2) is 4.97. The summed E-state index contributed by atoms with van der Waals surface area (Å²) >= 11 is 0.0164. The van der Waals surface area contributed by atoms with Crippen LogP contribution in [0.25, 0.3) is 0 Å². The zero-order chi connectivity index (χ0) is 12.5. The number of likely N-dealkylation sites (tertiary alicyclic amines) is 1. The molecular weight excluding hydrogens is 331 g/mol. The van der Waals surface area contributed by atoms with E-state index in [4.69, 9.17) is 0 Å². The Labute approximate surface area is 112 Å². The van der Waals surface area contributed by atoms with Gasteiger partial charge in [-0.15, -0.1) is 0 Å². The van der Waals surface area contributed by atoms with Gasteiger partial charge in [-0.3, -0.25) is 0 Å². The molecule has 2 N–H and O–H groups in total. The minimum absolute atomic E-state index is 0.0152. The molecule has 0 aliphatic carbocycles. The van der Waals surface area contributed by atoms with E-state index in [9.17, 15) is 9.90 Å². The van der Waals surface area contributed by atoms with Gasteiger partial charge >= 0.3 is 112 Å². The van der Waals surface area contributed by atoms with Gasteiger partial charge in [-0.1, -0.05) is 0 Å². The molecule has 2 aliphatic heterocycles. The van der Waals surface area contributed by atoms with Gasteiger partial charge in [0.25, 0.3) is 0 Å². The first-order valence-corrected chi connectivity index (χ1v) is 8.47. The van der Waals surface area contributed by atoms with Gasteiger partial charge in [-0.25, -0.2) is 0 Å². The van der Waals surface area contributed by atoms with E-state index in [2.05, 4.69) is 9.40 Å². The van der Waals surface area contributed by atoms with Crippen LogP contribution in [0.15, 0.2) is 21.4 Å². The topological polar surface area (TPSA) is 52.6 Å². The van der Waals surface area contributed by atoms with Gasteiger partial charge in [-0.05, 0) is 0 Å². The molecule has 5 heteroatoms. The molecule has 96 valence electrons. The molecule has 0 aromatic heterocycles. The first-order chi connectivity index (χ1) is 7.98. The first kappa shape index (κ1) is 12.9. The van der Waals surface area contributed by atoms with Gasteiger partial charge < -0.3 is 0 Å². The second-order valence-electron chi connectivity index (χ2n) is 4.85. The third-order valence-corrected chi connectivity index (χ3v) is 5.17. The molecule has 0 radical (unpaired) electrons. The van der Waals surface area contributed by atoms with E-state index < -0.39 is 5.60 Å². The molecule has 17 heavy (non-hydrogen) atoms. The van der Waals surface area contributed by atoms with E-state index in [0.717, 1.165) is 10.1 Å². The summed E-state index contributed by atoms with van der Waals surface area (Å²) in [6, 6.07) is 0. The molecule has 0 bridgehead atoms. The van der Waals surface area contributed by atoms with Gasteiger partial charge in [-0.2, -0.15) is 0 Å². The quantitative estimate of drug-likeness (QED) is 0.310. The summed E-state index contributed by atoms with van der Waals surface area (Å²) in [6.07, 6.45) is 2.58. The summed E-state index contributed by atoms with van der Waals surface area (Å²) in [6.45, 7) is 4.89. The van der Waals surface area contributed by atoms with E-state index >= 15 is 0 Å². The van der Waals surface area contributed by atoms with Crippen LogP contribution in [-0.2, 0) is 4.79 Å². The number of hydrogen-bond acceptors (Lipinski definition) is 3. The Hall–Kier alpha value is -0.560. The number of rotatable bonds is 1. The Morgan fingerprint density at radius 2 is 2.41 bits per heavy atom. The summed E-state index contributed by atoms with van der Waals surface area (Å²) < 4.78 is 3.13. The number of hydrogen-bond donors (Lipinski definition) is 2. The van der Waals surface area contributed by atoms with Crippen molar-refractivity contribution in [2.45, 2.75) is 25.9 Å². The van der Waals surface area contributed by atoms with Gasteiger partial charge in [0.15, 0.2) is 0 Å². The van der Waals surface area contributed by atoms with E-state index in [1.165, 1.54) is 0 Å². The molecule has 1 atom stereocenters. The summed E-state index contributed by atoms with van der Waals surface area (Å²) in [4.78, 5) is 14.0. The van der Waals surface area contributed by atoms with Crippen LogP contribution in [0.5, 0.6) is 0 Å². The number of allylic oxidation sites excluding steroid dienone is 2. The van der Waals surface area contributed by atoms with E-state index in [-0.39, 0.29) is 27.1 Å². The first-order valence-electron chi connectivity index (χ1n) is 5.70. The Morgan fingerprint density at radius 1 is 1.65 bits per heavy atom. The number of aliphatic hydroxyl groups is 1. The molecule has 0 aromatic rings. The maximum absolute atomic E-state index is 12.3. The third-order valence-electron chi connectivity index (χ3n) is 2.93. The van der Waals surface area contributed by atoms with Gasteiger partial charge in [0.05, 0.1) is 0 Å². The van der Waals surface area contributed by atoms with E-state index in [1.807, 2.05) is 13.0 Å². The van der Waals surface area contributed by atoms with Crippen molar-refractivity contribution in [3.63, 3.8) is 0 Å². The molecule has 2 rings (SSSR count). The number of nitrogens with one attached hydrogen (secondary N) is 1. The van der Waals surface area contributed by atoms with Crippen LogP contribution in [0, 0.1) is 0 Å². The number of carbonyl (C=O) groups is 1. The average molecular weight is 349 g/mol. The molecule has 2 heterocycles. The Balaban J connectivity index is 2.08. The van der Waals surface area contributed by atoms with Crippen LogP contribution >= 0.6 is 0 Å². The van der Waals surface area contributed by atoms with Crippen molar-refractivity contribution in [3.05, 3.63) is 21.4 Å². The van der Waals surface area contributed by atoms with Crippen molar-refractivity contribution < 1.29 is 31.1 Å². The molecule has 0 unspecified atom stereocenters. The fourth-order valence-corrected chi connectivity index (χ4v) is 3.73. The van der Waals surface area contributed by atoms with Crippen LogP contribution in [0.3, 0.4) is 0 Å². The van der Waals surface area contributed by atoms with Gasteiger partial charge in [0, 0.05) is 0 Å². The zero-order valence-corrected chi connectivity index (χ0v) is 12.3. The Kier molecular flexibility index (Phi) is 3.77. The molecule has 1 fully saturated rings. The van der Waals surface area contributed by atoms with Crippen LogP contribution in [0.2, 0.25) is 0 Å².